The Morgan fingerprint density at radius 2 is 1.77 bits per heavy atom. The van der Waals surface area contributed by atoms with E-state index in [0.29, 0.717) is 30.3 Å². The van der Waals surface area contributed by atoms with Gasteiger partial charge in [-0.05, 0) is 42.3 Å². The number of carboxylic acid groups (broad SMARTS) is 1. The average molecular weight is 359 g/mol. The van der Waals surface area contributed by atoms with Crippen LogP contribution in [-0.4, -0.2) is 30.2 Å². The molecule has 1 atom stereocenters. The van der Waals surface area contributed by atoms with Gasteiger partial charge < -0.3 is 19.9 Å². The Hall–Kier alpha value is -3.09. The molecule has 0 bridgehead atoms. The Kier molecular flexibility index (Phi) is 4.79. The first-order valence-corrected chi connectivity index (χ1v) is 8.07. The highest BCUT2D eigenvalue weighted by Gasteiger charge is 2.36. The van der Waals surface area contributed by atoms with Gasteiger partial charge in [-0.15, -0.1) is 0 Å². The minimum Gasteiger partial charge on any atom is -0.486 e. The fourth-order valence-corrected chi connectivity index (χ4v) is 2.74. The van der Waals surface area contributed by atoms with Crippen molar-refractivity contribution in [2.75, 3.05) is 13.2 Å². The summed E-state index contributed by atoms with van der Waals surface area (Å²) in [6, 6.07) is 10.1. The first-order valence-electron chi connectivity index (χ1n) is 8.07. The van der Waals surface area contributed by atoms with Crippen LogP contribution in [-0.2, 0) is 21.5 Å². The Morgan fingerprint density at radius 1 is 1.12 bits per heavy atom. The van der Waals surface area contributed by atoms with Crippen LogP contribution in [0.5, 0.6) is 11.5 Å². The fraction of sp³-hybridized carbons (Fsp3) is 0.263. The molecule has 2 N–H and O–H groups in total. The summed E-state index contributed by atoms with van der Waals surface area (Å²) in [5.41, 5.74) is -0.723. The molecule has 1 unspecified atom stereocenters. The van der Waals surface area contributed by atoms with Crippen LogP contribution in [0.4, 0.5) is 4.39 Å². The molecular weight excluding hydrogens is 341 g/mol. The molecule has 3 rings (SSSR count). The summed E-state index contributed by atoms with van der Waals surface area (Å²) in [6.45, 7) is 2.27. The molecule has 136 valence electrons. The normalized spacial score (nSPS) is 15.0. The van der Waals surface area contributed by atoms with Crippen LogP contribution < -0.4 is 14.8 Å². The molecule has 7 heteroatoms. The number of halogens is 1. The van der Waals surface area contributed by atoms with E-state index in [-0.39, 0.29) is 12.0 Å². The van der Waals surface area contributed by atoms with E-state index < -0.39 is 23.2 Å². The first kappa shape index (κ1) is 17.7. The number of benzene rings is 2. The van der Waals surface area contributed by atoms with E-state index in [2.05, 4.69) is 5.32 Å². The van der Waals surface area contributed by atoms with Gasteiger partial charge in [0.05, 0.1) is 6.42 Å². The topological polar surface area (TPSA) is 84.9 Å². The van der Waals surface area contributed by atoms with Gasteiger partial charge in [-0.25, -0.2) is 9.18 Å². The third-order valence-corrected chi connectivity index (χ3v) is 4.21. The number of nitrogens with one attached hydrogen (secondary N) is 1. The van der Waals surface area contributed by atoms with E-state index in [1.807, 2.05) is 0 Å². The summed E-state index contributed by atoms with van der Waals surface area (Å²) in [7, 11) is 0. The molecule has 2 aromatic rings. The zero-order chi connectivity index (χ0) is 18.7. The predicted octanol–water partition coefficient (Wildman–Crippen LogP) is 2.26. The Labute approximate surface area is 149 Å². The number of fused-ring (bicyclic) bond motifs is 1. The molecule has 1 amide bonds. The molecule has 6 nitrogen and oxygen atoms in total. The Balaban J connectivity index is 1.76. The lowest BCUT2D eigenvalue weighted by Crippen LogP contribution is -2.50. The smallest absolute Gasteiger partial charge is 0.333 e. The number of ether oxygens (including phenoxy) is 2. The third kappa shape index (κ3) is 3.61. The molecule has 1 heterocycles. The largest absolute Gasteiger partial charge is 0.486 e. The first-order chi connectivity index (χ1) is 12.4. The van der Waals surface area contributed by atoms with Crippen molar-refractivity contribution in [2.45, 2.75) is 18.9 Å². The van der Waals surface area contributed by atoms with Gasteiger partial charge >= 0.3 is 5.97 Å². The number of rotatable bonds is 5. The standard InChI is InChI=1S/C19H18FNO5/c1-19(18(23)24,13-3-5-14(20)6-4-13)21-17(22)11-12-2-7-15-16(10-12)26-9-8-25-15/h2-7,10H,8-9,11H2,1H3,(H,21,22)(H,23,24). The number of carbonyl (C=O) groups is 2. The highest BCUT2D eigenvalue weighted by atomic mass is 19.1. The maximum absolute atomic E-state index is 13.1. The number of aliphatic carboxylic acids is 1. The van der Waals surface area contributed by atoms with Crippen molar-refractivity contribution in [1.29, 1.82) is 0 Å². The molecule has 1 aliphatic heterocycles. The van der Waals surface area contributed by atoms with Crippen molar-refractivity contribution < 1.29 is 28.6 Å². The highest BCUT2D eigenvalue weighted by Crippen LogP contribution is 2.31. The van der Waals surface area contributed by atoms with Gasteiger partial charge in [-0.2, -0.15) is 0 Å². The summed E-state index contributed by atoms with van der Waals surface area (Å²) < 4.78 is 24.0. The zero-order valence-electron chi connectivity index (χ0n) is 14.1. The lowest BCUT2D eigenvalue weighted by Gasteiger charge is -2.27. The van der Waals surface area contributed by atoms with Crippen molar-refractivity contribution in [2.24, 2.45) is 0 Å². The Bertz CT molecular complexity index is 836. The third-order valence-electron chi connectivity index (χ3n) is 4.21. The lowest BCUT2D eigenvalue weighted by atomic mass is 9.91. The van der Waals surface area contributed by atoms with Crippen molar-refractivity contribution in [3.05, 3.63) is 59.4 Å². The van der Waals surface area contributed by atoms with Gasteiger partial charge in [0.15, 0.2) is 17.0 Å². The highest BCUT2D eigenvalue weighted by molar-refractivity contribution is 5.88. The molecule has 0 saturated carbocycles. The van der Waals surface area contributed by atoms with Crippen LogP contribution in [0.25, 0.3) is 0 Å². The quantitative estimate of drug-likeness (QED) is 0.855. The monoisotopic (exact) mass is 359 g/mol. The molecular formula is C19H18FNO5. The molecule has 0 aromatic heterocycles. The van der Waals surface area contributed by atoms with Gasteiger partial charge in [-0.1, -0.05) is 18.2 Å². The van der Waals surface area contributed by atoms with Crippen LogP contribution in [0, 0.1) is 5.82 Å². The molecule has 0 aliphatic carbocycles. The second kappa shape index (κ2) is 7.03. The van der Waals surface area contributed by atoms with E-state index in [9.17, 15) is 19.1 Å². The van der Waals surface area contributed by atoms with Crippen LogP contribution in [0.1, 0.15) is 18.1 Å². The molecule has 0 fully saturated rings. The number of hydrogen-bond acceptors (Lipinski definition) is 4. The predicted molar refractivity (Wildman–Crippen MR) is 90.7 cm³/mol. The second-order valence-electron chi connectivity index (χ2n) is 6.14. The van der Waals surface area contributed by atoms with Crippen molar-refractivity contribution >= 4 is 11.9 Å². The second-order valence-corrected chi connectivity index (χ2v) is 6.14. The van der Waals surface area contributed by atoms with Crippen molar-refractivity contribution in [3.63, 3.8) is 0 Å². The van der Waals surface area contributed by atoms with Gasteiger partial charge in [0.25, 0.3) is 0 Å². The number of amides is 1. The molecule has 26 heavy (non-hydrogen) atoms. The summed E-state index contributed by atoms with van der Waals surface area (Å²) >= 11 is 0. The molecule has 0 spiro atoms. The van der Waals surface area contributed by atoms with Gasteiger partial charge in [0, 0.05) is 0 Å². The fourth-order valence-electron chi connectivity index (χ4n) is 2.74. The van der Waals surface area contributed by atoms with Crippen LogP contribution in [0.2, 0.25) is 0 Å². The molecule has 2 aromatic carbocycles. The summed E-state index contributed by atoms with van der Waals surface area (Å²) in [4.78, 5) is 24.2. The Morgan fingerprint density at radius 3 is 2.42 bits per heavy atom. The maximum atomic E-state index is 13.1. The molecule has 0 saturated heterocycles. The van der Waals surface area contributed by atoms with Crippen molar-refractivity contribution in [3.8, 4) is 11.5 Å². The van der Waals surface area contributed by atoms with Crippen molar-refractivity contribution in [1.82, 2.24) is 5.32 Å². The van der Waals surface area contributed by atoms with Gasteiger partial charge in [0.2, 0.25) is 5.91 Å². The van der Waals surface area contributed by atoms with Gasteiger partial charge in [0.1, 0.15) is 19.0 Å². The lowest BCUT2D eigenvalue weighted by molar-refractivity contribution is -0.147. The minimum atomic E-state index is -1.67. The van der Waals surface area contributed by atoms with Gasteiger partial charge in [-0.3, -0.25) is 4.79 Å². The summed E-state index contributed by atoms with van der Waals surface area (Å²) in [5.74, 6) is -1.03. The van der Waals surface area contributed by atoms with Crippen LogP contribution in [0.15, 0.2) is 42.5 Å². The number of carboxylic acids is 1. The van der Waals surface area contributed by atoms with E-state index in [0.717, 1.165) is 12.1 Å². The maximum Gasteiger partial charge on any atom is 0.333 e. The van der Waals surface area contributed by atoms with Crippen LogP contribution in [0.3, 0.4) is 0 Å². The molecule has 0 radical (unpaired) electrons. The number of hydrogen-bond donors (Lipinski definition) is 2. The molecule has 1 aliphatic rings. The minimum absolute atomic E-state index is 0.0271. The number of carbonyl (C=O) groups excluding carboxylic acids is 1. The van der Waals surface area contributed by atoms with Crippen LogP contribution >= 0.6 is 0 Å². The van der Waals surface area contributed by atoms with E-state index >= 15 is 0 Å². The summed E-state index contributed by atoms with van der Waals surface area (Å²) in [5, 5.41) is 12.1. The van der Waals surface area contributed by atoms with E-state index in [1.165, 1.54) is 19.1 Å². The zero-order valence-corrected chi connectivity index (χ0v) is 14.1. The van der Waals surface area contributed by atoms with E-state index in [4.69, 9.17) is 9.47 Å². The van der Waals surface area contributed by atoms with E-state index in [1.54, 1.807) is 18.2 Å². The summed E-state index contributed by atoms with van der Waals surface area (Å²) in [6.07, 6.45) is -0.0271. The SMILES string of the molecule is CC(NC(=O)Cc1ccc2c(c1)OCCO2)(C(=O)O)c1ccc(F)cc1. The average Bonchev–Trinajstić information content (AvgIpc) is 2.61.